The van der Waals surface area contributed by atoms with Crippen LogP contribution in [0.3, 0.4) is 0 Å². The van der Waals surface area contributed by atoms with E-state index in [4.69, 9.17) is 0 Å². The van der Waals surface area contributed by atoms with Gasteiger partial charge in [-0.2, -0.15) is 10.1 Å². The van der Waals surface area contributed by atoms with Crippen molar-refractivity contribution in [3.05, 3.63) is 89.9 Å². The summed E-state index contributed by atoms with van der Waals surface area (Å²) in [6.07, 6.45) is 1.55. The van der Waals surface area contributed by atoms with Gasteiger partial charge in [-0.25, -0.2) is 0 Å². The molecule has 2 aromatic rings. The van der Waals surface area contributed by atoms with E-state index in [1.165, 1.54) is 10.6 Å². The number of nitrogens with one attached hydrogen (secondary N) is 2. The SMILES string of the molecule is C=C1NC(CNc2ccccc2)=CC(=O)N1/N=C(\C)c1ccc(C(C)(C)C)cc1. The monoisotopic (exact) mass is 388 g/mol. The van der Waals surface area contributed by atoms with E-state index in [1.54, 1.807) is 6.08 Å². The van der Waals surface area contributed by atoms with E-state index in [9.17, 15) is 4.79 Å². The minimum absolute atomic E-state index is 0.0968. The maximum atomic E-state index is 12.6. The Kier molecular flexibility index (Phi) is 5.87. The van der Waals surface area contributed by atoms with E-state index in [2.05, 4.69) is 55.2 Å². The predicted octanol–water partition coefficient (Wildman–Crippen LogP) is 4.61. The smallest absolute Gasteiger partial charge is 0.274 e. The first-order valence-electron chi connectivity index (χ1n) is 9.70. The Morgan fingerprint density at radius 1 is 1.10 bits per heavy atom. The van der Waals surface area contributed by atoms with Crippen molar-refractivity contribution >= 4 is 17.3 Å². The molecule has 1 amide bonds. The molecule has 2 aromatic carbocycles. The van der Waals surface area contributed by atoms with Crippen LogP contribution in [0.2, 0.25) is 0 Å². The first-order valence-corrected chi connectivity index (χ1v) is 9.70. The number of para-hydroxylation sites is 1. The van der Waals surface area contributed by atoms with Crippen LogP contribution in [-0.4, -0.2) is 23.2 Å². The number of nitrogens with zero attached hydrogens (tertiary/aromatic N) is 2. The largest absolute Gasteiger partial charge is 0.379 e. The Hall–Kier alpha value is -3.34. The summed E-state index contributed by atoms with van der Waals surface area (Å²) in [4.78, 5) is 12.6. The van der Waals surface area contributed by atoms with Crippen molar-refractivity contribution in [3.63, 3.8) is 0 Å². The minimum atomic E-state index is -0.218. The van der Waals surface area contributed by atoms with Gasteiger partial charge in [-0.1, -0.05) is 69.8 Å². The van der Waals surface area contributed by atoms with Gasteiger partial charge in [0.25, 0.3) is 5.91 Å². The number of amides is 1. The van der Waals surface area contributed by atoms with Crippen LogP contribution in [0.4, 0.5) is 5.69 Å². The molecule has 0 atom stereocenters. The molecule has 0 unspecified atom stereocenters. The van der Waals surface area contributed by atoms with Gasteiger partial charge in [-0.3, -0.25) is 4.79 Å². The summed E-state index contributed by atoms with van der Waals surface area (Å²) in [6.45, 7) is 12.9. The number of benzene rings is 2. The molecule has 2 N–H and O–H groups in total. The molecule has 0 radical (unpaired) electrons. The molecule has 0 aromatic heterocycles. The van der Waals surface area contributed by atoms with Crippen LogP contribution in [0.5, 0.6) is 0 Å². The molecule has 0 aliphatic carbocycles. The lowest BCUT2D eigenvalue weighted by molar-refractivity contribution is -0.125. The molecule has 1 aliphatic rings. The maximum absolute atomic E-state index is 12.6. The highest BCUT2D eigenvalue weighted by atomic mass is 16.2. The summed E-state index contributed by atoms with van der Waals surface area (Å²) in [6, 6.07) is 18.1. The molecule has 1 aliphatic heterocycles. The van der Waals surface area contributed by atoms with Crippen molar-refractivity contribution in [3.8, 4) is 0 Å². The second kappa shape index (κ2) is 8.35. The predicted molar refractivity (Wildman–Crippen MR) is 119 cm³/mol. The zero-order valence-corrected chi connectivity index (χ0v) is 17.5. The van der Waals surface area contributed by atoms with Crippen molar-refractivity contribution in [1.29, 1.82) is 0 Å². The van der Waals surface area contributed by atoms with E-state index >= 15 is 0 Å². The van der Waals surface area contributed by atoms with Gasteiger partial charge in [0, 0.05) is 17.5 Å². The number of rotatable bonds is 5. The second-order valence-electron chi connectivity index (χ2n) is 8.12. The topological polar surface area (TPSA) is 56.7 Å². The Labute approximate surface area is 172 Å². The fourth-order valence-electron chi connectivity index (χ4n) is 2.99. The maximum Gasteiger partial charge on any atom is 0.274 e. The number of hydrogen-bond donors (Lipinski definition) is 2. The Morgan fingerprint density at radius 3 is 2.34 bits per heavy atom. The van der Waals surface area contributed by atoms with E-state index in [-0.39, 0.29) is 11.3 Å². The Morgan fingerprint density at radius 2 is 1.76 bits per heavy atom. The normalized spacial score (nSPS) is 15.1. The summed E-state index contributed by atoms with van der Waals surface area (Å²) in [5.74, 6) is 0.220. The zero-order chi connectivity index (χ0) is 21.0. The highest BCUT2D eigenvalue weighted by molar-refractivity contribution is 6.00. The van der Waals surface area contributed by atoms with Crippen LogP contribution in [0, 0.1) is 0 Å². The average Bonchev–Trinajstić information content (AvgIpc) is 2.69. The first-order chi connectivity index (χ1) is 13.7. The first kappa shape index (κ1) is 20.4. The summed E-state index contributed by atoms with van der Waals surface area (Å²) in [5.41, 5.74) is 4.82. The average molecular weight is 389 g/mol. The van der Waals surface area contributed by atoms with Crippen LogP contribution in [0.1, 0.15) is 38.8 Å². The summed E-state index contributed by atoms with van der Waals surface area (Å²) < 4.78 is 0. The minimum Gasteiger partial charge on any atom is -0.379 e. The highest BCUT2D eigenvalue weighted by Gasteiger charge is 2.22. The van der Waals surface area contributed by atoms with Gasteiger partial charge in [0.1, 0.15) is 5.82 Å². The van der Waals surface area contributed by atoms with Crippen LogP contribution in [-0.2, 0) is 10.2 Å². The van der Waals surface area contributed by atoms with Crippen molar-refractivity contribution in [2.75, 3.05) is 11.9 Å². The number of hydrogen-bond acceptors (Lipinski definition) is 4. The molecule has 0 saturated heterocycles. The van der Waals surface area contributed by atoms with Gasteiger partial charge in [-0.05, 0) is 35.6 Å². The molecule has 0 spiro atoms. The zero-order valence-electron chi connectivity index (χ0n) is 17.5. The van der Waals surface area contributed by atoms with Gasteiger partial charge in [0.2, 0.25) is 0 Å². The number of carbonyl (C=O) groups excluding carboxylic acids is 1. The van der Waals surface area contributed by atoms with E-state index in [0.717, 1.165) is 22.7 Å². The second-order valence-corrected chi connectivity index (χ2v) is 8.12. The van der Waals surface area contributed by atoms with Gasteiger partial charge in [0.15, 0.2) is 0 Å². The van der Waals surface area contributed by atoms with Crippen LogP contribution >= 0.6 is 0 Å². The third kappa shape index (κ3) is 5.13. The fraction of sp³-hybridized carbons (Fsp3) is 0.250. The summed E-state index contributed by atoms with van der Waals surface area (Å²) in [7, 11) is 0. The van der Waals surface area contributed by atoms with Crippen LogP contribution < -0.4 is 10.6 Å². The lowest BCUT2D eigenvalue weighted by Crippen LogP contribution is -2.38. The number of hydrazone groups is 1. The molecule has 0 bridgehead atoms. The van der Waals surface area contributed by atoms with Crippen molar-refractivity contribution < 1.29 is 4.79 Å². The number of carbonyl (C=O) groups is 1. The van der Waals surface area contributed by atoms with Gasteiger partial charge in [0.05, 0.1) is 12.3 Å². The standard InChI is InChI=1S/C24H28N4O/c1-17(19-11-13-20(14-12-19)24(3,4)5)27-28-18(2)26-22(15-23(28)29)16-25-21-9-7-6-8-10-21/h6-15,25-26H,2,16H2,1,3-5H3/b27-17+. The van der Waals surface area contributed by atoms with Crippen molar-refractivity contribution in [2.45, 2.75) is 33.1 Å². The summed E-state index contributed by atoms with van der Waals surface area (Å²) in [5, 5.41) is 12.2. The Balaban J connectivity index is 1.70. The lowest BCUT2D eigenvalue weighted by atomic mass is 9.86. The van der Waals surface area contributed by atoms with Crippen molar-refractivity contribution in [2.24, 2.45) is 5.10 Å². The molecule has 5 nitrogen and oxygen atoms in total. The van der Waals surface area contributed by atoms with Crippen LogP contribution in [0.25, 0.3) is 0 Å². The highest BCUT2D eigenvalue weighted by Crippen LogP contribution is 2.22. The third-order valence-corrected chi connectivity index (χ3v) is 4.74. The number of anilines is 1. The van der Waals surface area contributed by atoms with E-state index in [0.29, 0.717) is 12.4 Å². The quantitative estimate of drug-likeness (QED) is 0.736. The van der Waals surface area contributed by atoms with Crippen LogP contribution in [0.15, 0.2) is 83.9 Å². The molecule has 150 valence electrons. The van der Waals surface area contributed by atoms with Gasteiger partial charge in [-0.15, -0.1) is 0 Å². The molecule has 0 fully saturated rings. The van der Waals surface area contributed by atoms with Crippen molar-refractivity contribution in [1.82, 2.24) is 10.3 Å². The molecule has 3 rings (SSSR count). The molecule has 29 heavy (non-hydrogen) atoms. The fourth-order valence-corrected chi connectivity index (χ4v) is 2.99. The van der Waals surface area contributed by atoms with E-state index in [1.807, 2.05) is 49.4 Å². The third-order valence-electron chi connectivity index (χ3n) is 4.74. The molecule has 1 heterocycles. The molecular weight excluding hydrogens is 360 g/mol. The Bertz CT molecular complexity index is 951. The van der Waals surface area contributed by atoms with Gasteiger partial charge >= 0.3 is 0 Å². The molecule has 5 heteroatoms. The summed E-state index contributed by atoms with van der Waals surface area (Å²) >= 11 is 0. The molecular formula is C24H28N4O. The van der Waals surface area contributed by atoms with E-state index < -0.39 is 0 Å². The molecule has 0 saturated carbocycles. The lowest BCUT2D eigenvalue weighted by Gasteiger charge is -2.26. The van der Waals surface area contributed by atoms with Gasteiger partial charge < -0.3 is 10.6 Å².